The maximum atomic E-state index is 12.2. The highest BCUT2D eigenvalue weighted by molar-refractivity contribution is 8.11. The number of aromatic nitrogens is 1. The monoisotopic (exact) mass is 444 g/mol. The van der Waals surface area contributed by atoms with Gasteiger partial charge in [-0.25, -0.2) is 5.01 Å². The summed E-state index contributed by atoms with van der Waals surface area (Å²) >= 11 is 1.39. The van der Waals surface area contributed by atoms with Crippen molar-refractivity contribution in [2.45, 2.75) is 39.6 Å². The van der Waals surface area contributed by atoms with Crippen LogP contribution in [-0.2, 0) is 5.75 Å². The molecular formula is C21H31F3N4OS. The van der Waals surface area contributed by atoms with Crippen LogP contribution in [0.15, 0.2) is 41.2 Å². The van der Waals surface area contributed by atoms with Gasteiger partial charge in [-0.15, -0.1) is 24.6 Å². The second-order valence-electron chi connectivity index (χ2n) is 5.69. The van der Waals surface area contributed by atoms with Gasteiger partial charge in [0.1, 0.15) is 5.75 Å². The molecule has 0 bridgehead atoms. The highest BCUT2D eigenvalue weighted by Gasteiger charge is 2.28. The van der Waals surface area contributed by atoms with E-state index in [1.54, 1.807) is 19.5 Å². The molecule has 0 aliphatic heterocycles. The normalized spacial score (nSPS) is 11.8. The summed E-state index contributed by atoms with van der Waals surface area (Å²) in [6, 6.07) is 1.43. The van der Waals surface area contributed by atoms with E-state index in [1.807, 2.05) is 39.0 Å². The SMILES string of the molecule is C#C.C/C=C(\CN(C)N)N=CSCc1nccc(OCC(F)(F)F)c1C.C/C=C\C. The molecule has 0 amide bonds. The number of hydrogen-bond acceptors (Lipinski definition) is 6. The largest absolute Gasteiger partial charge is 0.484 e. The molecule has 0 radical (unpaired) electrons. The fourth-order valence-electron chi connectivity index (χ4n) is 1.70. The van der Waals surface area contributed by atoms with Crippen LogP contribution >= 0.6 is 11.8 Å². The van der Waals surface area contributed by atoms with Crippen LogP contribution in [-0.4, -0.2) is 41.9 Å². The minimum Gasteiger partial charge on any atom is -0.484 e. The van der Waals surface area contributed by atoms with Crippen molar-refractivity contribution < 1.29 is 17.9 Å². The van der Waals surface area contributed by atoms with Gasteiger partial charge in [-0.05, 0) is 33.8 Å². The van der Waals surface area contributed by atoms with Crippen molar-refractivity contribution in [3.8, 4) is 18.6 Å². The molecule has 1 aromatic heterocycles. The number of hydrazine groups is 1. The van der Waals surface area contributed by atoms with Crippen LogP contribution in [0.1, 0.15) is 32.0 Å². The first-order valence-electron chi connectivity index (χ1n) is 8.94. The Hall–Kier alpha value is -2.28. The highest BCUT2D eigenvalue weighted by Crippen LogP contribution is 2.24. The highest BCUT2D eigenvalue weighted by atomic mass is 32.2. The smallest absolute Gasteiger partial charge is 0.422 e. The van der Waals surface area contributed by atoms with Crippen molar-refractivity contribution in [1.29, 1.82) is 0 Å². The first-order chi connectivity index (χ1) is 14.1. The third-order valence-corrected chi connectivity index (χ3v) is 3.94. The first-order valence-corrected chi connectivity index (χ1v) is 9.99. The summed E-state index contributed by atoms with van der Waals surface area (Å²) in [5.41, 5.74) is 3.74. The van der Waals surface area contributed by atoms with Gasteiger partial charge in [0.25, 0.3) is 0 Å². The standard InChI is InChI=1S/C15H21F3N4OS.C4H8.C2H2/c1-4-12(7-22(3)19)21-10-24-8-13-11(2)14(5-6-20-13)23-9-15(16,17)18;1-3-4-2;1-2/h4-6,10H,7-9,19H2,1-3H3;3-4H,1-2H3;1-2H/b12-4+,21-10?;4-3-;. The Kier molecular flexibility index (Phi) is 17.5. The summed E-state index contributed by atoms with van der Waals surface area (Å²) < 4.78 is 41.5. The molecule has 0 unspecified atom stereocenters. The summed E-state index contributed by atoms with van der Waals surface area (Å²) in [5, 5.41) is 1.52. The molecule has 5 nitrogen and oxygen atoms in total. The Morgan fingerprint density at radius 2 is 1.90 bits per heavy atom. The van der Waals surface area contributed by atoms with Crippen molar-refractivity contribution in [2.24, 2.45) is 10.8 Å². The van der Waals surface area contributed by atoms with E-state index in [0.29, 0.717) is 23.6 Å². The van der Waals surface area contributed by atoms with Crippen LogP contribution in [0, 0.1) is 19.8 Å². The summed E-state index contributed by atoms with van der Waals surface area (Å²) in [7, 11) is 1.74. The number of thioether (sulfide) groups is 1. The van der Waals surface area contributed by atoms with Crippen molar-refractivity contribution in [3.05, 3.63) is 47.4 Å². The van der Waals surface area contributed by atoms with E-state index in [-0.39, 0.29) is 5.75 Å². The van der Waals surface area contributed by atoms with Crippen LogP contribution < -0.4 is 10.6 Å². The lowest BCUT2D eigenvalue weighted by atomic mass is 10.2. The maximum absolute atomic E-state index is 12.2. The third-order valence-electron chi connectivity index (χ3n) is 3.24. The predicted molar refractivity (Wildman–Crippen MR) is 121 cm³/mol. The first kappa shape index (κ1) is 29.9. The number of aliphatic imine (C=N–C) groups is 1. The van der Waals surface area contributed by atoms with E-state index in [2.05, 4.69) is 22.8 Å². The second-order valence-corrected chi connectivity index (χ2v) is 6.52. The summed E-state index contributed by atoms with van der Waals surface area (Å²) in [5.74, 6) is 6.24. The fourth-order valence-corrected chi connectivity index (χ4v) is 2.44. The zero-order valence-electron chi connectivity index (χ0n) is 18.1. The zero-order valence-corrected chi connectivity index (χ0v) is 18.9. The van der Waals surface area contributed by atoms with Crippen molar-refractivity contribution in [3.63, 3.8) is 0 Å². The van der Waals surface area contributed by atoms with Gasteiger partial charge < -0.3 is 4.74 Å². The molecule has 1 rings (SSSR count). The molecule has 0 aliphatic carbocycles. The van der Waals surface area contributed by atoms with Gasteiger partial charge >= 0.3 is 6.18 Å². The lowest BCUT2D eigenvalue weighted by molar-refractivity contribution is -0.153. The Balaban J connectivity index is 0. The number of likely N-dealkylation sites (N-methyl/N-ethyl adjacent to an activating group) is 1. The molecule has 0 saturated heterocycles. The van der Waals surface area contributed by atoms with Crippen LogP contribution in [0.2, 0.25) is 0 Å². The number of ether oxygens (including phenoxy) is 1. The van der Waals surface area contributed by atoms with Gasteiger partial charge in [0.05, 0.1) is 23.5 Å². The molecular weight excluding hydrogens is 413 g/mol. The third kappa shape index (κ3) is 15.6. The molecule has 9 heteroatoms. The minimum atomic E-state index is -4.36. The second kappa shape index (κ2) is 17.6. The van der Waals surface area contributed by atoms with E-state index >= 15 is 0 Å². The van der Waals surface area contributed by atoms with Gasteiger partial charge in [0, 0.05) is 24.6 Å². The number of nitrogens with zero attached hydrogens (tertiary/aromatic N) is 3. The number of pyridine rings is 1. The van der Waals surface area contributed by atoms with Crippen molar-refractivity contribution >= 4 is 17.3 Å². The van der Waals surface area contributed by atoms with E-state index < -0.39 is 12.8 Å². The van der Waals surface area contributed by atoms with Crippen LogP contribution in [0.4, 0.5) is 13.2 Å². The molecule has 0 aromatic carbocycles. The molecule has 30 heavy (non-hydrogen) atoms. The Labute approximate surface area is 182 Å². The van der Waals surface area contributed by atoms with E-state index in [4.69, 9.17) is 10.6 Å². The van der Waals surface area contributed by atoms with Gasteiger partial charge in [0.15, 0.2) is 6.61 Å². The molecule has 1 heterocycles. The lowest BCUT2D eigenvalue weighted by Crippen LogP contribution is -2.27. The summed E-state index contributed by atoms with van der Waals surface area (Å²) in [4.78, 5) is 8.47. The number of allylic oxidation sites excluding steroid dienone is 3. The molecule has 168 valence electrons. The minimum absolute atomic E-state index is 0.189. The van der Waals surface area contributed by atoms with Crippen LogP contribution in [0.5, 0.6) is 5.75 Å². The van der Waals surface area contributed by atoms with Gasteiger partial charge in [-0.3, -0.25) is 15.8 Å². The average Bonchev–Trinajstić information content (AvgIpc) is 2.71. The number of hydrogen-bond donors (Lipinski definition) is 1. The number of rotatable bonds is 8. The number of terminal acetylenes is 1. The lowest BCUT2D eigenvalue weighted by Gasteiger charge is -2.13. The molecule has 0 spiro atoms. The van der Waals surface area contributed by atoms with Crippen LogP contribution in [0.3, 0.4) is 0 Å². The summed E-state index contributed by atoms with van der Waals surface area (Å²) in [6.07, 6.45) is 10.9. The number of nitrogens with two attached hydrogens (primary N) is 1. The maximum Gasteiger partial charge on any atom is 0.422 e. The molecule has 0 atom stereocenters. The molecule has 0 saturated carbocycles. The fraction of sp³-hybridized carbons (Fsp3) is 0.429. The summed E-state index contributed by atoms with van der Waals surface area (Å²) in [6.45, 7) is 6.76. The molecule has 1 aromatic rings. The van der Waals surface area contributed by atoms with Gasteiger partial charge in [0.2, 0.25) is 0 Å². The van der Waals surface area contributed by atoms with E-state index in [1.165, 1.54) is 29.0 Å². The topological polar surface area (TPSA) is 63.7 Å². The number of alkyl halides is 3. The Morgan fingerprint density at radius 3 is 2.37 bits per heavy atom. The Morgan fingerprint density at radius 1 is 1.30 bits per heavy atom. The van der Waals surface area contributed by atoms with Crippen molar-refractivity contribution in [2.75, 3.05) is 20.2 Å². The van der Waals surface area contributed by atoms with Gasteiger partial charge in [-0.1, -0.05) is 18.2 Å². The average molecular weight is 445 g/mol. The van der Waals surface area contributed by atoms with E-state index in [0.717, 1.165) is 5.70 Å². The molecule has 0 aliphatic rings. The Bertz CT molecular complexity index is 695. The zero-order chi connectivity index (χ0) is 23.6. The van der Waals surface area contributed by atoms with Gasteiger partial charge in [-0.2, -0.15) is 13.2 Å². The quantitative estimate of drug-likeness (QED) is 0.150. The predicted octanol–water partition coefficient (Wildman–Crippen LogP) is 5.13. The molecule has 2 N–H and O–H groups in total. The van der Waals surface area contributed by atoms with E-state index in [9.17, 15) is 13.2 Å². The van der Waals surface area contributed by atoms with Crippen LogP contribution in [0.25, 0.3) is 0 Å². The number of halogens is 3. The molecule has 0 fully saturated rings. The van der Waals surface area contributed by atoms with Crippen molar-refractivity contribution in [1.82, 2.24) is 9.99 Å².